The Hall–Kier alpha value is -3.19. The van der Waals surface area contributed by atoms with Crippen molar-refractivity contribution in [2.24, 2.45) is 5.73 Å². The van der Waals surface area contributed by atoms with E-state index in [2.05, 4.69) is 17.1 Å². The van der Waals surface area contributed by atoms with Crippen LogP contribution in [-0.2, 0) is 0 Å². The number of benzene rings is 2. The first-order valence-electron chi connectivity index (χ1n) is 7.02. The molecule has 0 saturated carbocycles. The average Bonchev–Trinajstić information content (AvgIpc) is 3.07. The van der Waals surface area contributed by atoms with Crippen LogP contribution in [0.1, 0.15) is 17.2 Å². The summed E-state index contributed by atoms with van der Waals surface area (Å²) >= 11 is 0. The van der Waals surface area contributed by atoms with Crippen LogP contribution < -0.4 is 10.5 Å². The Bertz CT molecular complexity index is 933. The van der Waals surface area contributed by atoms with Crippen LogP contribution in [0.2, 0.25) is 0 Å². The number of nitrogens with zero attached hydrogens (tertiary/aromatic N) is 1. The van der Waals surface area contributed by atoms with Crippen molar-refractivity contribution >= 4 is 10.8 Å². The number of nitrogens with two attached hydrogens (primary N) is 1. The van der Waals surface area contributed by atoms with Crippen LogP contribution in [-0.4, -0.2) is 4.98 Å². The van der Waals surface area contributed by atoms with Gasteiger partial charge >= 0.3 is 0 Å². The van der Waals surface area contributed by atoms with E-state index in [0.717, 1.165) is 22.0 Å². The van der Waals surface area contributed by atoms with Gasteiger partial charge in [-0.15, -0.1) is 0 Å². The van der Waals surface area contributed by atoms with Crippen LogP contribution in [0.5, 0.6) is 5.75 Å². The summed E-state index contributed by atoms with van der Waals surface area (Å²) in [5.41, 5.74) is 8.31. The lowest BCUT2D eigenvalue weighted by Crippen LogP contribution is -2.21. The van der Waals surface area contributed by atoms with E-state index >= 15 is 0 Å². The Kier molecular flexibility index (Phi) is 2.67. The molecule has 4 rings (SSSR count). The smallest absolute Gasteiger partial charge is 0.205 e. The predicted molar refractivity (Wildman–Crippen MR) is 84.0 cm³/mol. The third kappa shape index (κ3) is 1.69. The van der Waals surface area contributed by atoms with Crippen LogP contribution in [0.4, 0.5) is 0 Å². The molecule has 22 heavy (non-hydrogen) atoms. The van der Waals surface area contributed by atoms with Gasteiger partial charge in [0, 0.05) is 17.5 Å². The van der Waals surface area contributed by atoms with Crippen molar-refractivity contribution in [1.82, 2.24) is 4.98 Å². The molecular formula is C18H13N3O. The number of hydrogen-bond acceptors (Lipinski definition) is 3. The molecule has 0 spiro atoms. The standard InChI is InChI=1S/C18H13N3O/c19-10-13-16(14-6-3-9-21-14)17-12-5-2-1-4-11(12)7-8-15(17)22-18(13)20/h1-9,16,21H,20H2/t16-/m1/s1. The lowest BCUT2D eigenvalue weighted by atomic mass is 9.84. The zero-order valence-corrected chi connectivity index (χ0v) is 11.7. The lowest BCUT2D eigenvalue weighted by Gasteiger charge is -2.27. The Balaban J connectivity index is 2.08. The van der Waals surface area contributed by atoms with Crippen LogP contribution in [0.3, 0.4) is 0 Å². The maximum Gasteiger partial charge on any atom is 0.205 e. The molecule has 0 amide bonds. The highest BCUT2D eigenvalue weighted by atomic mass is 16.5. The molecule has 3 N–H and O–H groups in total. The Labute approximate surface area is 127 Å². The van der Waals surface area contributed by atoms with E-state index < -0.39 is 0 Å². The Morgan fingerprint density at radius 1 is 1.09 bits per heavy atom. The lowest BCUT2D eigenvalue weighted by molar-refractivity contribution is 0.394. The van der Waals surface area contributed by atoms with Gasteiger partial charge in [0.05, 0.1) is 5.92 Å². The second-order valence-electron chi connectivity index (χ2n) is 5.25. The quantitative estimate of drug-likeness (QED) is 0.720. The van der Waals surface area contributed by atoms with Crippen molar-refractivity contribution < 1.29 is 4.74 Å². The number of nitriles is 1. The van der Waals surface area contributed by atoms with Gasteiger partial charge in [0.1, 0.15) is 17.4 Å². The number of H-pyrrole nitrogens is 1. The molecule has 0 fully saturated rings. The second-order valence-corrected chi connectivity index (χ2v) is 5.25. The summed E-state index contributed by atoms with van der Waals surface area (Å²) in [6.45, 7) is 0. The highest BCUT2D eigenvalue weighted by molar-refractivity contribution is 5.90. The molecule has 2 heterocycles. The summed E-state index contributed by atoms with van der Waals surface area (Å²) in [5.74, 6) is 0.634. The van der Waals surface area contributed by atoms with E-state index in [4.69, 9.17) is 10.5 Å². The summed E-state index contributed by atoms with van der Waals surface area (Å²) in [4.78, 5) is 3.20. The van der Waals surface area contributed by atoms with Gasteiger partial charge in [-0.3, -0.25) is 0 Å². The van der Waals surface area contributed by atoms with Crippen molar-refractivity contribution in [2.75, 3.05) is 0 Å². The molecule has 106 valence electrons. The van der Waals surface area contributed by atoms with E-state index in [0.29, 0.717) is 11.3 Å². The number of rotatable bonds is 1. The van der Waals surface area contributed by atoms with E-state index in [1.165, 1.54) is 0 Å². The first-order chi connectivity index (χ1) is 10.8. The number of hydrogen-bond donors (Lipinski definition) is 2. The van der Waals surface area contributed by atoms with Crippen LogP contribution in [0.25, 0.3) is 10.8 Å². The first-order valence-corrected chi connectivity index (χ1v) is 7.02. The van der Waals surface area contributed by atoms with Crippen molar-refractivity contribution in [2.45, 2.75) is 5.92 Å². The minimum Gasteiger partial charge on any atom is -0.440 e. The van der Waals surface area contributed by atoms with Gasteiger partial charge in [-0.05, 0) is 29.0 Å². The van der Waals surface area contributed by atoms with Crippen molar-refractivity contribution in [3.8, 4) is 11.8 Å². The average molecular weight is 287 g/mol. The molecule has 0 bridgehead atoms. The zero-order chi connectivity index (χ0) is 15.1. The van der Waals surface area contributed by atoms with Gasteiger partial charge in [0.25, 0.3) is 0 Å². The summed E-state index contributed by atoms with van der Waals surface area (Å²) < 4.78 is 5.69. The molecule has 1 atom stereocenters. The fourth-order valence-electron chi connectivity index (χ4n) is 3.08. The number of fused-ring (bicyclic) bond motifs is 3. The Morgan fingerprint density at radius 2 is 1.95 bits per heavy atom. The number of nitrogens with one attached hydrogen (secondary N) is 1. The van der Waals surface area contributed by atoms with Gasteiger partial charge in [0.15, 0.2) is 0 Å². The molecule has 1 aliphatic rings. The van der Waals surface area contributed by atoms with Crippen LogP contribution in [0, 0.1) is 11.3 Å². The topological polar surface area (TPSA) is 74.8 Å². The molecule has 4 nitrogen and oxygen atoms in total. The molecular weight excluding hydrogens is 274 g/mol. The second kappa shape index (κ2) is 4.68. The SMILES string of the molecule is N#CC1=C(N)Oc2ccc3ccccc3c2[C@H]1c1ccc[nH]1. The Morgan fingerprint density at radius 3 is 2.73 bits per heavy atom. The van der Waals surface area contributed by atoms with Crippen molar-refractivity contribution in [1.29, 1.82) is 5.26 Å². The van der Waals surface area contributed by atoms with Crippen LogP contribution >= 0.6 is 0 Å². The van der Waals surface area contributed by atoms with E-state index in [1.54, 1.807) is 0 Å². The number of ether oxygens (including phenoxy) is 1. The molecule has 1 aromatic heterocycles. The van der Waals surface area contributed by atoms with E-state index in [-0.39, 0.29) is 11.8 Å². The molecule has 0 unspecified atom stereocenters. The maximum atomic E-state index is 9.55. The fourth-order valence-corrected chi connectivity index (χ4v) is 3.08. The number of allylic oxidation sites excluding steroid dienone is 1. The molecule has 0 radical (unpaired) electrons. The molecule has 0 saturated heterocycles. The monoisotopic (exact) mass is 287 g/mol. The fraction of sp³-hybridized carbons (Fsp3) is 0.0556. The largest absolute Gasteiger partial charge is 0.440 e. The van der Waals surface area contributed by atoms with Gasteiger partial charge in [-0.25, -0.2) is 0 Å². The summed E-state index contributed by atoms with van der Waals surface area (Å²) in [6.07, 6.45) is 1.85. The zero-order valence-electron chi connectivity index (χ0n) is 11.7. The molecule has 1 aliphatic heterocycles. The summed E-state index contributed by atoms with van der Waals surface area (Å²) in [5, 5.41) is 11.7. The highest BCUT2D eigenvalue weighted by Gasteiger charge is 2.32. The van der Waals surface area contributed by atoms with Gasteiger partial charge in [-0.1, -0.05) is 30.3 Å². The van der Waals surface area contributed by atoms with Crippen molar-refractivity contribution in [3.05, 3.63) is 77.4 Å². The number of aromatic amines is 1. The molecule has 0 aliphatic carbocycles. The number of aromatic nitrogens is 1. The molecule has 2 aromatic carbocycles. The summed E-state index contributed by atoms with van der Waals surface area (Å²) in [6, 6.07) is 18.1. The first kappa shape index (κ1) is 12.5. The maximum absolute atomic E-state index is 9.55. The minimum absolute atomic E-state index is 0.171. The molecule has 3 aromatic rings. The molecule has 4 heteroatoms. The van der Waals surface area contributed by atoms with Gasteiger partial charge in [-0.2, -0.15) is 5.26 Å². The third-order valence-corrected chi connectivity index (χ3v) is 4.05. The highest BCUT2D eigenvalue weighted by Crippen LogP contribution is 2.44. The van der Waals surface area contributed by atoms with Crippen LogP contribution in [0.15, 0.2) is 66.2 Å². The van der Waals surface area contributed by atoms with Gasteiger partial charge in [0.2, 0.25) is 5.88 Å². The normalized spacial score (nSPS) is 17.0. The predicted octanol–water partition coefficient (Wildman–Crippen LogP) is 3.39. The third-order valence-electron chi connectivity index (χ3n) is 4.05. The van der Waals surface area contributed by atoms with Gasteiger partial charge < -0.3 is 15.5 Å². The van der Waals surface area contributed by atoms with E-state index in [1.807, 2.05) is 48.7 Å². The summed E-state index contributed by atoms with van der Waals surface area (Å²) in [7, 11) is 0. The van der Waals surface area contributed by atoms with E-state index in [9.17, 15) is 5.26 Å². The van der Waals surface area contributed by atoms with Crippen molar-refractivity contribution in [3.63, 3.8) is 0 Å². The minimum atomic E-state index is -0.241.